The van der Waals surface area contributed by atoms with Crippen molar-refractivity contribution in [3.05, 3.63) is 64.2 Å². The highest BCUT2D eigenvalue weighted by atomic mass is 19.3. The van der Waals surface area contributed by atoms with Crippen LogP contribution in [-0.4, -0.2) is 9.55 Å². The Balaban J connectivity index is 2.03. The second-order valence-electron chi connectivity index (χ2n) is 4.63. The summed E-state index contributed by atoms with van der Waals surface area (Å²) in [5.74, 6) is 0.115. The molecule has 102 valence electrons. The summed E-state index contributed by atoms with van der Waals surface area (Å²) in [5, 5.41) is 0. The van der Waals surface area contributed by atoms with E-state index in [1.54, 1.807) is 24.4 Å². The van der Waals surface area contributed by atoms with Crippen LogP contribution in [0, 0.1) is 0 Å². The van der Waals surface area contributed by atoms with Crippen molar-refractivity contribution in [1.82, 2.24) is 9.55 Å². The minimum absolute atomic E-state index is 0.113. The molecule has 1 aliphatic carbocycles. The summed E-state index contributed by atoms with van der Waals surface area (Å²) in [6, 6.07) is 6.46. The molecule has 0 aliphatic heterocycles. The van der Waals surface area contributed by atoms with Gasteiger partial charge in [0.15, 0.2) is 0 Å². The number of nitrogens with two attached hydrogens (primary N) is 1. The zero-order valence-corrected chi connectivity index (χ0v) is 10.4. The summed E-state index contributed by atoms with van der Waals surface area (Å²) < 4.78 is 26.3. The van der Waals surface area contributed by atoms with E-state index in [1.807, 2.05) is 0 Å². The van der Waals surface area contributed by atoms with Crippen LogP contribution in [-0.2, 0) is 0 Å². The molecule has 20 heavy (non-hydrogen) atoms. The predicted octanol–water partition coefficient (Wildman–Crippen LogP) is 2.45. The number of anilines is 1. The molecule has 3 rings (SSSR count). The van der Waals surface area contributed by atoms with E-state index >= 15 is 0 Å². The van der Waals surface area contributed by atoms with Gasteiger partial charge in [-0.3, -0.25) is 9.36 Å². The molecule has 0 spiro atoms. The van der Waals surface area contributed by atoms with Gasteiger partial charge in [0.25, 0.3) is 11.6 Å². The Bertz CT molecular complexity index is 763. The number of aromatic nitrogens is 2. The van der Waals surface area contributed by atoms with E-state index in [-0.39, 0.29) is 22.7 Å². The first kappa shape index (κ1) is 12.5. The molecule has 4 nitrogen and oxygen atoms in total. The minimum Gasteiger partial charge on any atom is -0.394 e. The molecule has 0 radical (unpaired) electrons. The lowest BCUT2D eigenvalue weighted by Crippen LogP contribution is -2.21. The van der Waals surface area contributed by atoms with E-state index in [0.29, 0.717) is 12.2 Å². The van der Waals surface area contributed by atoms with Crippen molar-refractivity contribution in [3.8, 4) is 5.82 Å². The van der Waals surface area contributed by atoms with Crippen molar-refractivity contribution < 1.29 is 8.78 Å². The number of rotatable bonds is 2. The molecule has 6 heteroatoms. The summed E-state index contributed by atoms with van der Waals surface area (Å²) >= 11 is 0. The Hall–Kier alpha value is -2.50. The molecule has 1 aliphatic rings. The first-order valence-electron chi connectivity index (χ1n) is 6.05. The van der Waals surface area contributed by atoms with E-state index in [1.165, 1.54) is 16.8 Å². The number of halogens is 2. The van der Waals surface area contributed by atoms with Crippen LogP contribution in [0.1, 0.15) is 17.9 Å². The normalized spacial score (nSPS) is 17.1. The van der Waals surface area contributed by atoms with Crippen molar-refractivity contribution in [3.63, 3.8) is 0 Å². The first-order valence-corrected chi connectivity index (χ1v) is 6.05. The van der Waals surface area contributed by atoms with Gasteiger partial charge in [-0.1, -0.05) is 0 Å². The van der Waals surface area contributed by atoms with Crippen LogP contribution < -0.4 is 11.3 Å². The average Bonchev–Trinajstić information content (AvgIpc) is 3.22. The number of nitrogen functional groups attached to an aromatic ring is 1. The predicted molar refractivity (Wildman–Crippen MR) is 70.8 cm³/mol. The van der Waals surface area contributed by atoms with Gasteiger partial charge in [0.2, 0.25) is 0 Å². The van der Waals surface area contributed by atoms with Crippen LogP contribution >= 0.6 is 0 Å². The molecule has 0 saturated heterocycles. The van der Waals surface area contributed by atoms with Crippen LogP contribution in [0.5, 0.6) is 0 Å². The third-order valence-corrected chi connectivity index (χ3v) is 3.32. The summed E-state index contributed by atoms with van der Waals surface area (Å²) in [7, 11) is 0. The zero-order valence-electron chi connectivity index (χ0n) is 10.4. The maximum Gasteiger partial charge on any atom is 0.279 e. The molecule has 2 aromatic rings. The first-order chi connectivity index (χ1) is 9.58. The molecule has 1 saturated carbocycles. The van der Waals surface area contributed by atoms with Crippen LogP contribution in [0.25, 0.3) is 5.82 Å². The van der Waals surface area contributed by atoms with Gasteiger partial charge in [0.05, 0.1) is 5.69 Å². The van der Waals surface area contributed by atoms with Gasteiger partial charge in [0.1, 0.15) is 5.82 Å². The fourth-order valence-corrected chi connectivity index (χ4v) is 2.16. The molecule has 0 amide bonds. The molecular formula is C14H11F2N3O. The van der Waals surface area contributed by atoms with Gasteiger partial charge in [-0.2, -0.15) is 8.78 Å². The quantitative estimate of drug-likeness (QED) is 0.915. The molecule has 2 aromatic heterocycles. The van der Waals surface area contributed by atoms with Gasteiger partial charge in [-0.25, -0.2) is 4.98 Å². The lowest BCUT2D eigenvalue weighted by Gasteiger charge is -2.06. The van der Waals surface area contributed by atoms with Crippen LogP contribution in [0.3, 0.4) is 0 Å². The molecular weight excluding hydrogens is 264 g/mol. The van der Waals surface area contributed by atoms with Crippen LogP contribution in [0.2, 0.25) is 0 Å². The average molecular weight is 275 g/mol. The minimum atomic E-state index is -1.62. The highest BCUT2D eigenvalue weighted by molar-refractivity contribution is 5.45. The highest BCUT2D eigenvalue weighted by Gasteiger charge is 2.36. The van der Waals surface area contributed by atoms with Gasteiger partial charge in [-0.15, -0.1) is 0 Å². The Morgan fingerprint density at radius 3 is 2.90 bits per heavy atom. The maximum absolute atomic E-state index is 12.5. The van der Waals surface area contributed by atoms with Crippen molar-refractivity contribution in [2.75, 3.05) is 5.73 Å². The van der Waals surface area contributed by atoms with Crippen molar-refractivity contribution in [2.24, 2.45) is 0 Å². The molecule has 2 heterocycles. The Labute approximate surface area is 113 Å². The van der Waals surface area contributed by atoms with E-state index in [4.69, 9.17) is 5.73 Å². The fraction of sp³-hybridized carbons (Fsp3) is 0.143. The van der Waals surface area contributed by atoms with Gasteiger partial charge in [0, 0.05) is 23.9 Å². The summed E-state index contributed by atoms with van der Waals surface area (Å²) in [4.78, 5) is 16.0. The monoisotopic (exact) mass is 275 g/mol. The van der Waals surface area contributed by atoms with Crippen molar-refractivity contribution in [1.29, 1.82) is 0 Å². The van der Waals surface area contributed by atoms with Crippen molar-refractivity contribution >= 4 is 5.69 Å². The third-order valence-electron chi connectivity index (χ3n) is 3.32. The van der Waals surface area contributed by atoms with Gasteiger partial charge in [-0.05, 0) is 36.2 Å². The number of hydrogen-bond donors (Lipinski definition) is 1. The number of nitrogens with zero attached hydrogens (tertiary/aromatic N) is 2. The third kappa shape index (κ3) is 2.09. The Morgan fingerprint density at radius 2 is 2.20 bits per heavy atom. The molecule has 1 fully saturated rings. The van der Waals surface area contributed by atoms with E-state index < -0.39 is 6.08 Å². The lowest BCUT2D eigenvalue weighted by molar-refractivity contribution is 0.417. The fourth-order valence-electron chi connectivity index (χ4n) is 2.16. The lowest BCUT2D eigenvalue weighted by atomic mass is 10.1. The van der Waals surface area contributed by atoms with Crippen LogP contribution in [0.15, 0.2) is 53.1 Å². The highest BCUT2D eigenvalue weighted by Crippen LogP contribution is 2.49. The topological polar surface area (TPSA) is 60.9 Å². The smallest absolute Gasteiger partial charge is 0.279 e. The Kier molecular flexibility index (Phi) is 2.85. The van der Waals surface area contributed by atoms with E-state index in [2.05, 4.69) is 4.98 Å². The maximum atomic E-state index is 12.5. The molecule has 0 aromatic carbocycles. The molecule has 2 N–H and O–H groups in total. The van der Waals surface area contributed by atoms with E-state index in [9.17, 15) is 13.6 Å². The SMILES string of the molecule is Nc1cccn(-c2cc(C3CC3=C(F)F)ccn2)c1=O. The number of allylic oxidation sites excluding steroid dienone is 1. The van der Waals surface area contributed by atoms with Crippen molar-refractivity contribution in [2.45, 2.75) is 12.3 Å². The molecule has 1 atom stereocenters. The summed E-state index contributed by atoms with van der Waals surface area (Å²) in [5.41, 5.74) is 6.18. The Morgan fingerprint density at radius 1 is 1.40 bits per heavy atom. The van der Waals surface area contributed by atoms with Gasteiger partial charge >= 0.3 is 0 Å². The molecule has 0 bridgehead atoms. The molecule has 1 unspecified atom stereocenters. The standard InChI is InChI=1S/C14H11F2N3O/c15-13(16)10-7-9(10)8-3-4-18-12(6-8)19-5-1-2-11(17)14(19)20/h1-6,9H,7,17H2. The summed E-state index contributed by atoms with van der Waals surface area (Å²) in [6.07, 6.45) is 1.79. The largest absolute Gasteiger partial charge is 0.394 e. The van der Waals surface area contributed by atoms with Gasteiger partial charge < -0.3 is 5.73 Å². The number of pyridine rings is 2. The number of hydrogen-bond acceptors (Lipinski definition) is 3. The zero-order chi connectivity index (χ0) is 14.3. The second-order valence-corrected chi connectivity index (χ2v) is 4.63. The second kappa shape index (κ2) is 4.56. The summed E-state index contributed by atoms with van der Waals surface area (Å²) in [6.45, 7) is 0. The van der Waals surface area contributed by atoms with E-state index in [0.717, 1.165) is 5.56 Å². The van der Waals surface area contributed by atoms with Crippen LogP contribution in [0.4, 0.5) is 14.5 Å².